The molecule has 7 N–H and O–H groups in total. The molecule has 0 unspecified atom stereocenters. The van der Waals surface area contributed by atoms with Gasteiger partial charge in [-0.25, -0.2) is 0 Å². The van der Waals surface area contributed by atoms with Gasteiger partial charge >= 0.3 is 0 Å². The zero-order valence-electron chi connectivity index (χ0n) is 27.6. The number of tetrazole rings is 1. The molecule has 49 heavy (non-hydrogen) atoms. The van der Waals surface area contributed by atoms with Crippen LogP contribution in [0.15, 0.2) is 66.7 Å². The van der Waals surface area contributed by atoms with Gasteiger partial charge in [-0.15, -0.1) is 22.6 Å². The Morgan fingerprint density at radius 3 is 2.33 bits per heavy atom. The minimum atomic E-state index is -0.786. The first-order valence-electron chi connectivity index (χ1n) is 16.7. The predicted octanol–water partition coefficient (Wildman–Crippen LogP) is 3.79. The quantitative estimate of drug-likeness (QED) is 0.138. The van der Waals surface area contributed by atoms with E-state index >= 15 is 0 Å². The molecule has 0 spiro atoms. The normalized spacial score (nSPS) is 19.3. The molecule has 2 fully saturated rings. The Morgan fingerprint density at radius 1 is 0.939 bits per heavy atom. The maximum Gasteiger partial charge on any atom is 0.251 e. The number of carbonyl (C=O) groups is 3. The van der Waals surface area contributed by atoms with E-state index in [-0.39, 0.29) is 42.1 Å². The highest BCUT2D eigenvalue weighted by Crippen LogP contribution is 2.29. The van der Waals surface area contributed by atoms with Crippen molar-refractivity contribution < 1.29 is 14.4 Å². The zero-order chi connectivity index (χ0) is 33.5. The molecule has 1 saturated heterocycles. The van der Waals surface area contributed by atoms with Crippen molar-refractivity contribution in [2.45, 2.75) is 57.5 Å². The van der Waals surface area contributed by atoms with E-state index in [1.165, 1.54) is 0 Å². The number of anilines is 1. The van der Waals surface area contributed by atoms with Crippen molar-refractivity contribution in [1.82, 2.24) is 36.6 Å². The topological polar surface area (TPSA) is 180 Å². The molecule has 1 saturated carbocycles. The maximum absolute atomic E-state index is 13.7. The highest BCUT2D eigenvalue weighted by molar-refractivity contribution is 5.98. The largest absolute Gasteiger partial charge is 0.348 e. The lowest BCUT2D eigenvalue weighted by molar-refractivity contribution is -0.130. The Morgan fingerprint density at radius 2 is 1.67 bits per heavy atom. The van der Waals surface area contributed by atoms with E-state index in [1.54, 1.807) is 24.3 Å². The molecule has 1 aliphatic heterocycles. The van der Waals surface area contributed by atoms with Crippen molar-refractivity contribution in [1.29, 1.82) is 0 Å². The van der Waals surface area contributed by atoms with Gasteiger partial charge in [-0.2, -0.15) is 5.21 Å². The lowest BCUT2D eigenvalue weighted by atomic mass is 9.81. The number of nitrogens with two attached hydrogens (primary N) is 1. The molecule has 2 aliphatic rings. The summed E-state index contributed by atoms with van der Waals surface area (Å²) in [6.07, 6.45) is 4.60. The number of aryl methyl sites for hydroxylation is 1. The highest BCUT2D eigenvalue weighted by atomic mass is 35.5. The van der Waals surface area contributed by atoms with Gasteiger partial charge < -0.3 is 27.0 Å². The molecule has 13 heteroatoms. The molecule has 3 amide bonds. The number of carbonyl (C=O) groups excluding carboxylic acids is 3. The SMILES string of the molecule is Cc1ccc(C(=O)N[C@@H]2CCNC2)cc1-c1ccc(C[C@H](NC(=O)[C@H]2CC[C@H](CN)CC2)C(=O)Nc2ccc(-c3nn[nH]n3)cc2)cc1.Cl. The van der Waals surface area contributed by atoms with Crippen molar-refractivity contribution in [3.05, 3.63) is 83.4 Å². The molecule has 0 radical (unpaired) electrons. The van der Waals surface area contributed by atoms with Crippen LogP contribution in [0.1, 0.15) is 53.6 Å². The van der Waals surface area contributed by atoms with Gasteiger partial charge in [0.1, 0.15) is 6.04 Å². The molecular weight excluding hydrogens is 642 g/mol. The van der Waals surface area contributed by atoms with Gasteiger partial charge in [0.15, 0.2) is 0 Å². The Labute approximate surface area is 292 Å². The van der Waals surface area contributed by atoms with E-state index in [4.69, 9.17) is 5.73 Å². The van der Waals surface area contributed by atoms with Gasteiger partial charge in [0.2, 0.25) is 17.6 Å². The van der Waals surface area contributed by atoms with Crippen LogP contribution in [0.4, 0.5) is 5.69 Å². The predicted molar refractivity (Wildman–Crippen MR) is 191 cm³/mol. The molecule has 0 bridgehead atoms. The minimum absolute atomic E-state index is 0. The summed E-state index contributed by atoms with van der Waals surface area (Å²) in [5, 5.41) is 26.4. The van der Waals surface area contributed by atoms with Gasteiger partial charge in [0.25, 0.3) is 5.91 Å². The number of amides is 3. The Balaban J connectivity index is 0.00000468. The van der Waals surface area contributed by atoms with E-state index in [2.05, 4.69) is 41.9 Å². The summed E-state index contributed by atoms with van der Waals surface area (Å²) < 4.78 is 0. The van der Waals surface area contributed by atoms with E-state index < -0.39 is 6.04 Å². The first-order chi connectivity index (χ1) is 23.4. The van der Waals surface area contributed by atoms with Crippen molar-refractivity contribution in [3.63, 3.8) is 0 Å². The van der Waals surface area contributed by atoms with E-state index in [1.807, 2.05) is 49.4 Å². The van der Waals surface area contributed by atoms with Crippen molar-refractivity contribution in [3.8, 4) is 22.5 Å². The number of aromatic amines is 1. The van der Waals surface area contributed by atoms with Crippen LogP contribution in [0.3, 0.4) is 0 Å². The Hall–Kier alpha value is -4.65. The fourth-order valence-electron chi connectivity index (χ4n) is 6.55. The third-order valence-electron chi connectivity index (χ3n) is 9.54. The number of benzene rings is 3. The van der Waals surface area contributed by atoms with Crippen LogP contribution in [0.5, 0.6) is 0 Å². The monoisotopic (exact) mass is 685 g/mol. The van der Waals surface area contributed by atoms with Crippen molar-refractivity contribution in [2.24, 2.45) is 17.6 Å². The summed E-state index contributed by atoms with van der Waals surface area (Å²) in [6, 6.07) is 20.2. The molecule has 2 atom stereocenters. The number of nitrogens with zero attached hydrogens (tertiary/aromatic N) is 3. The summed E-state index contributed by atoms with van der Waals surface area (Å²) >= 11 is 0. The minimum Gasteiger partial charge on any atom is -0.348 e. The van der Waals surface area contributed by atoms with Crippen LogP contribution in [-0.2, 0) is 16.0 Å². The molecule has 12 nitrogen and oxygen atoms in total. The average Bonchev–Trinajstić information content (AvgIpc) is 3.84. The molecule has 4 aromatic rings. The van der Waals surface area contributed by atoms with Crippen LogP contribution in [-0.4, -0.2) is 70.1 Å². The summed E-state index contributed by atoms with van der Waals surface area (Å²) in [5.74, 6) is 0.281. The summed E-state index contributed by atoms with van der Waals surface area (Å²) in [6.45, 7) is 4.36. The summed E-state index contributed by atoms with van der Waals surface area (Å²) in [4.78, 5) is 40.0. The smallest absolute Gasteiger partial charge is 0.251 e. The number of nitrogens with one attached hydrogen (secondary N) is 5. The molecule has 258 valence electrons. The highest BCUT2D eigenvalue weighted by Gasteiger charge is 2.29. The van der Waals surface area contributed by atoms with Crippen LogP contribution in [0.25, 0.3) is 22.5 Å². The zero-order valence-corrected chi connectivity index (χ0v) is 28.4. The number of H-pyrrole nitrogens is 1. The number of halogens is 1. The summed E-state index contributed by atoms with van der Waals surface area (Å²) in [7, 11) is 0. The second-order valence-corrected chi connectivity index (χ2v) is 12.9. The Kier molecular flexibility index (Phi) is 12.1. The van der Waals surface area contributed by atoms with E-state index in [0.29, 0.717) is 36.0 Å². The van der Waals surface area contributed by atoms with Gasteiger partial charge in [-0.05, 0) is 122 Å². The number of aromatic nitrogens is 4. The maximum atomic E-state index is 13.7. The van der Waals surface area contributed by atoms with Gasteiger partial charge in [0, 0.05) is 41.7 Å². The first-order valence-corrected chi connectivity index (χ1v) is 16.7. The second-order valence-electron chi connectivity index (χ2n) is 12.9. The van der Waals surface area contributed by atoms with Crippen molar-refractivity contribution >= 4 is 35.8 Å². The van der Waals surface area contributed by atoms with Crippen LogP contribution < -0.4 is 27.0 Å². The van der Waals surface area contributed by atoms with Gasteiger partial charge in [-0.1, -0.05) is 30.3 Å². The molecule has 3 aromatic carbocycles. The third kappa shape index (κ3) is 9.08. The van der Waals surface area contributed by atoms with Crippen LogP contribution in [0.2, 0.25) is 0 Å². The van der Waals surface area contributed by atoms with Crippen molar-refractivity contribution in [2.75, 3.05) is 25.0 Å². The second kappa shape index (κ2) is 16.6. The molecular formula is C36H44ClN9O3. The van der Waals surface area contributed by atoms with Crippen LogP contribution in [0, 0.1) is 18.8 Å². The van der Waals surface area contributed by atoms with E-state index in [9.17, 15) is 14.4 Å². The fraction of sp³-hybridized carbons (Fsp3) is 0.389. The fourth-order valence-corrected chi connectivity index (χ4v) is 6.55. The van der Waals surface area contributed by atoms with Crippen LogP contribution >= 0.6 is 12.4 Å². The lowest BCUT2D eigenvalue weighted by Crippen LogP contribution is -2.48. The summed E-state index contributed by atoms with van der Waals surface area (Å²) in [5.41, 5.74) is 11.7. The average molecular weight is 686 g/mol. The third-order valence-corrected chi connectivity index (χ3v) is 9.54. The molecule has 6 rings (SSSR count). The Bertz CT molecular complexity index is 1700. The van der Waals surface area contributed by atoms with Gasteiger partial charge in [-0.3, -0.25) is 14.4 Å². The lowest BCUT2D eigenvalue weighted by Gasteiger charge is -2.28. The number of hydrogen-bond acceptors (Lipinski definition) is 8. The number of hydrogen-bond donors (Lipinski definition) is 6. The molecule has 2 heterocycles. The van der Waals surface area contributed by atoms with Gasteiger partial charge in [0.05, 0.1) is 0 Å². The van der Waals surface area contributed by atoms with E-state index in [0.717, 1.165) is 73.0 Å². The standard InChI is InChI=1S/C36H43N9O3.ClH/c1-22-2-7-28(35(47)40-30-16-17-38-21-30)19-31(22)25-8-3-23(4-9-25)18-32(41-34(46)27-10-5-24(20-37)6-11-27)36(48)39-29-14-12-26(13-15-29)33-42-44-45-43-33;/h2-4,7-9,12-15,19,24,27,30,32,38H,5-6,10-11,16-18,20-21,37H2,1H3,(H,39,48)(H,40,47)(H,41,46)(H,42,43,44,45);1H/t24-,27-,30-,32+;/m1./s1. The number of rotatable bonds is 11. The first kappa shape index (κ1) is 35.7. The molecule has 1 aliphatic carbocycles. The molecule has 1 aromatic heterocycles.